The monoisotopic (exact) mass is 323 g/mol. The number of hydrogen-bond acceptors (Lipinski definition) is 4. The van der Waals surface area contributed by atoms with Gasteiger partial charge in [-0.2, -0.15) is 0 Å². The highest BCUT2D eigenvalue weighted by Crippen LogP contribution is 2.36. The summed E-state index contributed by atoms with van der Waals surface area (Å²) in [5.41, 5.74) is 1.07. The molecule has 1 aliphatic rings. The molecular weight excluding hydrogens is 296 g/mol. The molecule has 0 fully saturated rings. The highest BCUT2D eigenvalue weighted by Gasteiger charge is 2.37. The molecule has 0 aromatic heterocycles. The molecule has 1 aromatic carbocycles. The minimum absolute atomic E-state index is 0.340. The first kappa shape index (κ1) is 17.5. The SMILES string of the molecule is CCO[Si](OCC)c1ccc2c(c1)COC(C)(C(C)CC)O2. The number of rotatable bonds is 7. The lowest BCUT2D eigenvalue weighted by Crippen LogP contribution is -2.45. The van der Waals surface area contributed by atoms with E-state index < -0.39 is 15.1 Å². The molecule has 4 nitrogen and oxygen atoms in total. The molecule has 0 N–H and O–H groups in total. The van der Waals surface area contributed by atoms with Gasteiger partial charge in [0.2, 0.25) is 5.79 Å². The number of hydrogen-bond donors (Lipinski definition) is 0. The van der Waals surface area contributed by atoms with Gasteiger partial charge in [0.15, 0.2) is 0 Å². The van der Waals surface area contributed by atoms with Crippen molar-refractivity contribution in [3.05, 3.63) is 23.8 Å². The molecule has 0 bridgehead atoms. The van der Waals surface area contributed by atoms with Crippen LogP contribution in [0.3, 0.4) is 0 Å². The van der Waals surface area contributed by atoms with Crippen molar-refractivity contribution in [2.45, 2.75) is 53.4 Å². The maximum atomic E-state index is 6.13. The van der Waals surface area contributed by atoms with Gasteiger partial charge in [-0.1, -0.05) is 19.9 Å². The minimum Gasteiger partial charge on any atom is -0.462 e. The van der Waals surface area contributed by atoms with E-state index in [9.17, 15) is 0 Å². The molecule has 1 radical (unpaired) electrons. The molecule has 1 aromatic rings. The van der Waals surface area contributed by atoms with Gasteiger partial charge in [0.05, 0.1) is 6.61 Å². The molecule has 0 saturated carbocycles. The van der Waals surface area contributed by atoms with Crippen LogP contribution in [0.4, 0.5) is 0 Å². The average Bonchev–Trinajstić information content (AvgIpc) is 2.53. The van der Waals surface area contributed by atoms with Crippen molar-refractivity contribution in [3.63, 3.8) is 0 Å². The molecule has 2 atom stereocenters. The van der Waals surface area contributed by atoms with E-state index in [4.69, 9.17) is 18.3 Å². The molecule has 22 heavy (non-hydrogen) atoms. The molecule has 5 heteroatoms. The zero-order chi connectivity index (χ0) is 16.2. The molecule has 0 spiro atoms. The predicted octanol–water partition coefficient (Wildman–Crippen LogP) is 3.13. The van der Waals surface area contributed by atoms with Gasteiger partial charge in [0, 0.05) is 31.6 Å². The second kappa shape index (κ2) is 7.59. The summed E-state index contributed by atoms with van der Waals surface area (Å²) >= 11 is 0. The van der Waals surface area contributed by atoms with E-state index in [2.05, 4.69) is 26.0 Å². The lowest BCUT2D eigenvalue weighted by atomic mass is 9.98. The fourth-order valence-electron chi connectivity index (χ4n) is 2.47. The first-order valence-electron chi connectivity index (χ1n) is 8.12. The third-order valence-electron chi connectivity index (χ3n) is 4.18. The molecule has 2 unspecified atom stereocenters. The van der Waals surface area contributed by atoms with Gasteiger partial charge in [-0.15, -0.1) is 0 Å². The van der Waals surface area contributed by atoms with E-state index in [1.54, 1.807) is 0 Å². The summed E-state index contributed by atoms with van der Waals surface area (Å²) in [4.78, 5) is 0. The lowest BCUT2D eigenvalue weighted by Gasteiger charge is -2.39. The molecule has 2 rings (SSSR count). The Labute approximate surface area is 135 Å². The maximum absolute atomic E-state index is 6.13. The Kier molecular flexibility index (Phi) is 6.03. The fourth-order valence-corrected chi connectivity index (χ4v) is 3.92. The third kappa shape index (κ3) is 3.71. The van der Waals surface area contributed by atoms with Crippen LogP contribution in [0.25, 0.3) is 0 Å². The van der Waals surface area contributed by atoms with Crippen molar-refractivity contribution >= 4 is 14.5 Å². The fraction of sp³-hybridized carbons (Fsp3) is 0.647. The summed E-state index contributed by atoms with van der Waals surface area (Å²) in [6, 6.07) is 6.18. The molecule has 123 valence electrons. The first-order valence-corrected chi connectivity index (χ1v) is 9.44. The van der Waals surface area contributed by atoms with Crippen molar-refractivity contribution < 1.29 is 18.3 Å². The molecule has 0 amide bonds. The zero-order valence-corrected chi connectivity index (χ0v) is 15.3. The van der Waals surface area contributed by atoms with Crippen molar-refractivity contribution in [2.75, 3.05) is 13.2 Å². The summed E-state index contributed by atoms with van der Waals surface area (Å²) in [6.45, 7) is 12.2. The maximum Gasteiger partial charge on any atom is 0.423 e. The molecule has 1 heterocycles. The number of ether oxygens (including phenoxy) is 2. The van der Waals surface area contributed by atoms with Gasteiger partial charge in [-0.25, -0.2) is 0 Å². The Hall–Kier alpha value is -0.883. The van der Waals surface area contributed by atoms with Gasteiger partial charge in [-0.3, -0.25) is 0 Å². The third-order valence-corrected chi connectivity index (χ3v) is 6.07. The van der Waals surface area contributed by atoms with Crippen molar-refractivity contribution in [3.8, 4) is 5.75 Å². The number of fused-ring (bicyclic) bond motifs is 1. The van der Waals surface area contributed by atoms with Gasteiger partial charge in [0.1, 0.15) is 5.75 Å². The van der Waals surface area contributed by atoms with Crippen molar-refractivity contribution in [1.82, 2.24) is 0 Å². The van der Waals surface area contributed by atoms with Crippen LogP contribution in [-0.4, -0.2) is 28.3 Å². The van der Waals surface area contributed by atoms with Crippen LogP contribution in [0.15, 0.2) is 18.2 Å². The Morgan fingerprint density at radius 3 is 2.50 bits per heavy atom. The molecular formula is C17H27O4Si. The summed E-state index contributed by atoms with van der Waals surface area (Å²) in [7, 11) is -1.42. The van der Waals surface area contributed by atoms with Crippen LogP contribution < -0.4 is 9.92 Å². The summed E-state index contributed by atoms with van der Waals surface area (Å²) < 4.78 is 23.6. The van der Waals surface area contributed by atoms with Crippen molar-refractivity contribution in [1.29, 1.82) is 0 Å². The van der Waals surface area contributed by atoms with E-state index in [0.717, 1.165) is 22.9 Å². The second-order valence-corrected chi connectivity index (χ2v) is 7.42. The molecule has 0 aliphatic carbocycles. The second-order valence-electron chi connectivity index (χ2n) is 5.69. The summed E-state index contributed by atoms with van der Waals surface area (Å²) in [6.07, 6.45) is 1.02. The highest BCUT2D eigenvalue weighted by atomic mass is 28.3. The quantitative estimate of drug-likeness (QED) is 0.723. The first-order chi connectivity index (χ1) is 10.5. The Morgan fingerprint density at radius 1 is 1.23 bits per heavy atom. The number of benzene rings is 1. The van der Waals surface area contributed by atoms with Gasteiger partial charge in [-0.05, 0) is 37.6 Å². The molecule has 0 saturated heterocycles. The van der Waals surface area contributed by atoms with Gasteiger partial charge in [0.25, 0.3) is 0 Å². The Morgan fingerprint density at radius 2 is 1.91 bits per heavy atom. The molecule has 1 aliphatic heterocycles. The summed E-state index contributed by atoms with van der Waals surface area (Å²) in [5, 5.41) is 1.10. The minimum atomic E-state index is -1.42. The van der Waals surface area contributed by atoms with Crippen LogP contribution in [-0.2, 0) is 20.2 Å². The Bertz CT molecular complexity index is 488. The largest absolute Gasteiger partial charge is 0.462 e. The van der Waals surface area contributed by atoms with E-state index in [1.807, 2.05) is 26.8 Å². The predicted molar refractivity (Wildman–Crippen MR) is 88.4 cm³/mol. The van der Waals surface area contributed by atoms with Crippen LogP contribution in [0.5, 0.6) is 5.75 Å². The van der Waals surface area contributed by atoms with Crippen LogP contribution in [0, 0.1) is 5.92 Å². The van der Waals surface area contributed by atoms with Crippen LogP contribution in [0.2, 0.25) is 0 Å². The summed E-state index contributed by atoms with van der Waals surface area (Å²) in [5.74, 6) is 0.704. The average molecular weight is 323 g/mol. The van der Waals surface area contributed by atoms with E-state index in [-0.39, 0.29) is 0 Å². The standard InChI is InChI=1S/C17H27O4Si/c1-6-13(4)17(5)18-12-14-11-15(9-10-16(14)21-17)22(19-7-2)20-8-3/h9-11,13H,6-8,12H2,1-5H3. The Balaban J connectivity index is 2.20. The van der Waals surface area contributed by atoms with Gasteiger partial charge < -0.3 is 18.3 Å². The zero-order valence-electron chi connectivity index (χ0n) is 14.3. The van der Waals surface area contributed by atoms with E-state index in [1.165, 1.54) is 0 Å². The lowest BCUT2D eigenvalue weighted by molar-refractivity contribution is -0.223. The topological polar surface area (TPSA) is 36.9 Å². The smallest absolute Gasteiger partial charge is 0.423 e. The van der Waals surface area contributed by atoms with Crippen LogP contribution >= 0.6 is 0 Å². The van der Waals surface area contributed by atoms with Crippen molar-refractivity contribution in [2.24, 2.45) is 5.92 Å². The van der Waals surface area contributed by atoms with E-state index >= 15 is 0 Å². The van der Waals surface area contributed by atoms with Crippen LogP contribution in [0.1, 0.15) is 46.6 Å². The van der Waals surface area contributed by atoms with E-state index in [0.29, 0.717) is 25.7 Å². The normalized spacial score (nSPS) is 22.3. The van der Waals surface area contributed by atoms with Gasteiger partial charge >= 0.3 is 9.28 Å². The highest BCUT2D eigenvalue weighted by molar-refractivity contribution is 6.61.